The van der Waals surface area contributed by atoms with Gasteiger partial charge in [0.1, 0.15) is 6.33 Å². The molecule has 0 aliphatic heterocycles. The lowest BCUT2D eigenvalue weighted by molar-refractivity contribution is 0.0693. The zero-order chi connectivity index (χ0) is 14.1. The third kappa shape index (κ3) is 2.12. The van der Waals surface area contributed by atoms with Gasteiger partial charge in [-0.05, 0) is 17.8 Å². The highest BCUT2D eigenvalue weighted by molar-refractivity contribution is 7.99. The van der Waals surface area contributed by atoms with E-state index in [-0.39, 0.29) is 5.56 Å². The van der Waals surface area contributed by atoms with Crippen LogP contribution in [0.1, 0.15) is 10.4 Å². The Bertz CT molecular complexity index is 800. The van der Waals surface area contributed by atoms with Crippen LogP contribution in [0.15, 0.2) is 46.8 Å². The molecule has 100 valence electrons. The fourth-order valence-electron chi connectivity index (χ4n) is 1.85. The number of nitrogens with zero attached hydrogens (tertiary/aromatic N) is 4. The quantitative estimate of drug-likeness (QED) is 0.795. The van der Waals surface area contributed by atoms with Crippen LogP contribution in [0.2, 0.25) is 0 Å². The van der Waals surface area contributed by atoms with E-state index in [0.717, 1.165) is 10.9 Å². The van der Waals surface area contributed by atoms with Gasteiger partial charge in [-0.15, -0.1) is 0 Å². The summed E-state index contributed by atoms with van der Waals surface area (Å²) in [6.07, 6.45) is 2.82. The Morgan fingerprint density at radius 3 is 2.80 bits per heavy atom. The van der Waals surface area contributed by atoms with Gasteiger partial charge in [0.25, 0.3) is 0 Å². The van der Waals surface area contributed by atoms with Crippen LogP contribution in [0.25, 0.3) is 10.9 Å². The lowest BCUT2D eigenvalue weighted by atomic mass is 10.1. The van der Waals surface area contributed by atoms with E-state index >= 15 is 0 Å². The summed E-state index contributed by atoms with van der Waals surface area (Å²) in [6, 6.07) is 7.43. The summed E-state index contributed by atoms with van der Waals surface area (Å²) < 4.78 is 1.60. The molecule has 0 unspecified atom stereocenters. The molecule has 1 N–H and O–H groups in total. The van der Waals surface area contributed by atoms with E-state index in [2.05, 4.69) is 15.1 Å². The zero-order valence-electron chi connectivity index (χ0n) is 10.5. The molecule has 2 heterocycles. The minimum absolute atomic E-state index is 0.164. The van der Waals surface area contributed by atoms with Crippen molar-refractivity contribution >= 4 is 28.6 Å². The fraction of sp³-hybridized carbons (Fsp3) is 0.0769. The van der Waals surface area contributed by atoms with E-state index in [1.54, 1.807) is 11.7 Å². The summed E-state index contributed by atoms with van der Waals surface area (Å²) in [5.74, 6) is -1.01. The molecule has 0 aliphatic rings. The molecule has 20 heavy (non-hydrogen) atoms. The highest BCUT2D eigenvalue weighted by Gasteiger charge is 2.17. The van der Waals surface area contributed by atoms with E-state index in [0.29, 0.717) is 10.1 Å². The summed E-state index contributed by atoms with van der Waals surface area (Å²) in [6.45, 7) is 0. The Labute approximate surface area is 118 Å². The van der Waals surface area contributed by atoms with Gasteiger partial charge in [0.15, 0.2) is 5.16 Å². The van der Waals surface area contributed by atoms with E-state index in [1.165, 1.54) is 24.3 Å². The molecular weight excluding hydrogens is 276 g/mol. The van der Waals surface area contributed by atoms with E-state index in [4.69, 9.17) is 0 Å². The number of hydrogen-bond acceptors (Lipinski definition) is 5. The van der Waals surface area contributed by atoms with Crippen molar-refractivity contribution in [2.24, 2.45) is 7.05 Å². The number of rotatable bonds is 3. The molecule has 0 radical (unpaired) electrons. The first-order valence-corrected chi connectivity index (χ1v) is 6.61. The second-order valence-electron chi connectivity index (χ2n) is 4.09. The lowest BCUT2D eigenvalue weighted by Crippen LogP contribution is -2.02. The van der Waals surface area contributed by atoms with Gasteiger partial charge in [-0.3, -0.25) is 4.98 Å². The number of pyridine rings is 1. The molecular formula is C13H10N4O2S. The third-order valence-electron chi connectivity index (χ3n) is 2.82. The number of aryl methyl sites for hydroxylation is 1. The van der Waals surface area contributed by atoms with Crippen LogP contribution in [0.3, 0.4) is 0 Å². The van der Waals surface area contributed by atoms with Crippen LogP contribution in [-0.2, 0) is 7.05 Å². The van der Waals surface area contributed by atoms with Crippen LogP contribution in [0, 0.1) is 0 Å². The van der Waals surface area contributed by atoms with Crippen LogP contribution in [0.5, 0.6) is 0 Å². The largest absolute Gasteiger partial charge is 0.478 e. The lowest BCUT2D eigenvalue weighted by Gasteiger charge is -2.08. The Morgan fingerprint density at radius 1 is 1.30 bits per heavy atom. The Hall–Kier alpha value is -2.41. The number of carboxylic acids is 1. The summed E-state index contributed by atoms with van der Waals surface area (Å²) in [7, 11) is 1.76. The van der Waals surface area contributed by atoms with Crippen LogP contribution in [0.4, 0.5) is 0 Å². The number of carboxylic acid groups (broad SMARTS) is 1. The summed E-state index contributed by atoms with van der Waals surface area (Å²) in [4.78, 5) is 20.3. The van der Waals surface area contributed by atoms with Crippen molar-refractivity contribution in [1.82, 2.24) is 19.7 Å². The first-order valence-electron chi connectivity index (χ1n) is 5.79. The fourth-order valence-corrected chi connectivity index (χ4v) is 2.84. The molecule has 1 aromatic carbocycles. The molecule has 0 spiro atoms. The second-order valence-corrected chi connectivity index (χ2v) is 5.07. The molecule has 0 saturated carbocycles. The molecule has 2 aromatic heterocycles. The van der Waals surface area contributed by atoms with E-state index < -0.39 is 5.97 Å². The van der Waals surface area contributed by atoms with Gasteiger partial charge in [0, 0.05) is 23.5 Å². The molecule has 3 aromatic rings. The van der Waals surface area contributed by atoms with Crippen molar-refractivity contribution in [3.05, 3.63) is 42.4 Å². The average Bonchev–Trinajstić information content (AvgIpc) is 2.84. The molecule has 3 rings (SSSR count). The number of aromatic carboxylic acids is 1. The van der Waals surface area contributed by atoms with Gasteiger partial charge in [-0.2, -0.15) is 5.10 Å². The molecule has 0 amide bonds. The third-order valence-corrected chi connectivity index (χ3v) is 4.02. The molecule has 0 atom stereocenters. The first-order chi connectivity index (χ1) is 9.66. The standard InChI is InChI=1S/C13H10N4O2S/c1-17-13(15-7-16-17)20-11-8-4-2-3-5-10(8)14-6-9(11)12(18)19/h2-7H,1H3,(H,18,19). The number of hydrogen-bond donors (Lipinski definition) is 1. The van der Waals surface area contributed by atoms with Gasteiger partial charge < -0.3 is 5.11 Å². The summed E-state index contributed by atoms with van der Waals surface area (Å²) in [5.41, 5.74) is 0.916. The van der Waals surface area contributed by atoms with Crippen molar-refractivity contribution in [2.75, 3.05) is 0 Å². The highest BCUT2D eigenvalue weighted by atomic mass is 32.2. The minimum atomic E-state index is -1.01. The Kier molecular flexibility index (Phi) is 3.11. The normalized spacial score (nSPS) is 10.8. The molecule has 6 nitrogen and oxygen atoms in total. The maximum atomic E-state index is 11.4. The van der Waals surface area contributed by atoms with Crippen molar-refractivity contribution in [3.8, 4) is 0 Å². The van der Waals surface area contributed by atoms with Gasteiger partial charge in [-0.25, -0.2) is 14.5 Å². The van der Waals surface area contributed by atoms with E-state index in [1.807, 2.05) is 24.3 Å². The Morgan fingerprint density at radius 2 is 2.10 bits per heavy atom. The number of fused-ring (bicyclic) bond motifs is 1. The summed E-state index contributed by atoms with van der Waals surface area (Å²) >= 11 is 1.27. The summed E-state index contributed by atoms with van der Waals surface area (Å²) in [5, 5.41) is 14.7. The van der Waals surface area contributed by atoms with Crippen LogP contribution >= 0.6 is 11.8 Å². The predicted octanol–water partition coefficient (Wildman–Crippen LogP) is 2.21. The SMILES string of the molecule is Cn1ncnc1Sc1c(C(=O)O)cnc2ccccc12. The second kappa shape index (κ2) is 4.93. The number of aromatic nitrogens is 4. The van der Waals surface area contributed by atoms with Crippen molar-refractivity contribution in [1.29, 1.82) is 0 Å². The highest BCUT2D eigenvalue weighted by Crippen LogP contribution is 2.34. The average molecular weight is 286 g/mol. The van der Waals surface area contributed by atoms with Gasteiger partial charge >= 0.3 is 5.97 Å². The monoisotopic (exact) mass is 286 g/mol. The Balaban J connectivity index is 2.22. The smallest absolute Gasteiger partial charge is 0.338 e. The number of para-hydroxylation sites is 1. The van der Waals surface area contributed by atoms with E-state index in [9.17, 15) is 9.90 Å². The number of benzene rings is 1. The van der Waals surface area contributed by atoms with Gasteiger partial charge in [0.05, 0.1) is 11.1 Å². The molecule has 0 bridgehead atoms. The van der Waals surface area contributed by atoms with Crippen molar-refractivity contribution in [2.45, 2.75) is 10.1 Å². The van der Waals surface area contributed by atoms with Gasteiger partial charge in [-0.1, -0.05) is 18.2 Å². The maximum absolute atomic E-state index is 11.4. The van der Waals surface area contributed by atoms with Crippen LogP contribution < -0.4 is 0 Å². The molecule has 0 fully saturated rings. The predicted molar refractivity (Wildman–Crippen MR) is 73.8 cm³/mol. The maximum Gasteiger partial charge on any atom is 0.338 e. The number of carbonyl (C=O) groups is 1. The first kappa shape index (κ1) is 12.6. The van der Waals surface area contributed by atoms with Crippen LogP contribution in [-0.4, -0.2) is 30.8 Å². The van der Waals surface area contributed by atoms with Crippen molar-refractivity contribution < 1.29 is 9.90 Å². The molecule has 7 heteroatoms. The van der Waals surface area contributed by atoms with Gasteiger partial charge in [0.2, 0.25) is 0 Å². The molecule has 0 saturated heterocycles. The topological polar surface area (TPSA) is 80.9 Å². The van der Waals surface area contributed by atoms with Crippen molar-refractivity contribution in [3.63, 3.8) is 0 Å². The minimum Gasteiger partial charge on any atom is -0.478 e. The zero-order valence-corrected chi connectivity index (χ0v) is 11.3. The molecule has 0 aliphatic carbocycles.